The Morgan fingerprint density at radius 3 is 2.50 bits per heavy atom. The maximum absolute atomic E-state index is 9.00. The van der Waals surface area contributed by atoms with Crippen LogP contribution in [0.15, 0.2) is 10.2 Å². The third-order valence-electron chi connectivity index (χ3n) is 1.52. The van der Waals surface area contributed by atoms with Gasteiger partial charge in [-0.3, -0.25) is 0 Å². The van der Waals surface area contributed by atoms with Gasteiger partial charge in [0.2, 0.25) is 0 Å². The minimum absolute atomic E-state index is 0.537. The summed E-state index contributed by atoms with van der Waals surface area (Å²) in [6.45, 7) is 2.10. The van der Waals surface area contributed by atoms with Gasteiger partial charge in [-0.25, -0.2) is 0 Å². The smallest absolute Gasteiger partial charge is 0.103 e. The summed E-state index contributed by atoms with van der Waals surface area (Å²) in [4.78, 5) is 0. The van der Waals surface area contributed by atoms with Crippen molar-refractivity contribution in [2.45, 2.75) is 19.8 Å². The quantitative estimate of drug-likeness (QED) is 0.602. The standard InChI is InChI=1S/C6H9BrO/c1-4-2-3-5(8)6(4)7/h4,8H,2-3H2,1H3. The second kappa shape index (κ2) is 2.09. The fourth-order valence-electron chi connectivity index (χ4n) is 0.884. The molecule has 2 heteroatoms. The molecule has 0 bridgehead atoms. The largest absolute Gasteiger partial charge is 0.511 e. The summed E-state index contributed by atoms with van der Waals surface area (Å²) in [7, 11) is 0. The highest BCUT2D eigenvalue weighted by Crippen LogP contribution is 2.33. The van der Waals surface area contributed by atoms with E-state index in [-0.39, 0.29) is 0 Å². The van der Waals surface area contributed by atoms with E-state index < -0.39 is 0 Å². The molecule has 0 amide bonds. The highest BCUT2D eigenvalue weighted by atomic mass is 79.9. The van der Waals surface area contributed by atoms with Crippen LogP contribution in [0, 0.1) is 5.92 Å². The second-order valence-corrected chi connectivity index (χ2v) is 3.09. The number of allylic oxidation sites excluding steroid dienone is 2. The molecule has 0 spiro atoms. The van der Waals surface area contributed by atoms with Crippen LogP contribution in [0.3, 0.4) is 0 Å². The van der Waals surface area contributed by atoms with Crippen LogP contribution in [-0.2, 0) is 0 Å². The van der Waals surface area contributed by atoms with Crippen molar-refractivity contribution in [2.24, 2.45) is 5.92 Å². The zero-order valence-electron chi connectivity index (χ0n) is 4.82. The van der Waals surface area contributed by atoms with Gasteiger partial charge in [-0.05, 0) is 12.3 Å². The van der Waals surface area contributed by atoms with Gasteiger partial charge in [-0.1, -0.05) is 22.9 Å². The van der Waals surface area contributed by atoms with E-state index in [2.05, 4.69) is 22.9 Å². The molecule has 0 saturated carbocycles. The summed E-state index contributed by atoms with van der Waals surface area (Å²) < 4.78 is 0.998. The van der Waals surface area contributed by atoms with Crippen LogP contribution in [0.1, 0.15) is 19.8 Å². The number of rotatable bonds is 0. The van der Waals surface area contributed by atoms with Crippen LogP contribution in [0.25, 0.3) is 0 Å². The Kier molecular flexibility index (Phi) is 1.61. The van der Waals surface area contributed by atoms with Crippen LogP contribution < -0.4 is 0 Å². The number of hydrogen-bond donors (Lipinski definition) is 1. The first-order valence-electron chi connectivity index (χ1n) is 2.79. The minimum Gasteiger partial charge on any atom is -0.511 e. The van der Waals surface area contributed by atoms with Gasteiger partial charge in [0.15, 0.2) is 0 Å². The van der Waals surface area contributed by atoms with Crippen molar-refractivity contribution in [3.05, 3.63) is 10.2 Å². The molecule has 0 heterocycles. The van der Waals surface area contributed by atoms with Crippen molar-refractivity contribution in [1.29, 1.82) is 0 Å². The Hall–Kier alpha value is 0.0200. The first-order chi connectivity index (χ1) is 3.72. The summed E-state index contributed by atoms with van der Waals surface area (Å²) >= 11 is 3.30. The third-order valence-corrected chi connectivity index (χ3v) is 2.76. The van der Waals surface area contributed by atoms with E-state index in [1.807, 2.05) is 0 Å². The SMILES string of the molecule is CC1CCC(O)=C1Br. The number of aliphatic hydroxyl groups excluding tert-OH is 1. The summed E-state index contributed by atoms with van der Waals surface area (Å²) in [6, 6.07) is 0. The average Bonchev–Trinajstić information content (AvgIpc) is 1.98. The predicted molar refractivity (Wildman–Crippen MR) is 37.0 cm³/mol. The molecule has 0 fully saturated rings. The fraction of sp³-hybridized carbons (Fsp3) is 0.667. The van der Waals surface area contributed by atoms with E-state index in [1.54, 1.807) is 0 Å². The van der Waals surface area contributed by atoms with Crippen LogP contribution in [0.5, 0.6) is 0 Å². The lowest BCUT2D eigenvalue weighted by atomic mass is 10.2. The summed E-state index contributed by atoms with van der Waals surface area (Å²) in [5.74, 6) is 1.08. The highest BCUT2D eigenvalue weighted by molar-refractivity contribution is 9.11. The first-order valence-corrected chi connectivity index (χ1v) is 3.58. The lowest BCUT2D eigenvalue weighted by Gasteiger charge is -1.96. The summed E-state index contributed by atoms with van der Waals surface area (Å²) in [5.41, 5.74) is 0. The van der Waals surface area contributed by atoms with Gasteiger partial charge >= 0.3 is 0 Å². The molecule has 0 aromatic heterocycles. The fourth-order valence-corrected chi connectivity index (χ4v) is 1.31. The van der Waals surface area contributed by atoms with Crippen molar-refractivity contribution >= 4 is 15.9 Å². The van der Waals surface area contributed by atoms with Gasteiger partial charge in [-0.2, -0.15) is 0 Å². The third kappa shape index (κ3) is 0.895. The molecule has 1 unspecified atom stereocenters. The molecule has 1 N–H and O–H groups in total. The predicted octanol–water partition coefficient (Wildman–Crippen LogP) is 2.58. The monoisotopic (exact) mass is 176 g/mol. The Balaban J connectivity index is 2.71. The number of aliphatic hydroxyl groups is 1. The van der Waals surface area contributed by atoms with Crippen molar-refractivity contribution in [3.8, 4) is 0 Å². The molecule has 8 heavy (non-hydrogen) atoms. The van der Waals surface area contributed by atoms with Crippen LogP contribution >= 0.6 is 15.9 Å². The van der Waals surface area contributed by atoms with E-state index in [4.69, 9.17) is 5.11 Å². The molecule has 1 aliphatic carbocycles. The Morgan fingerprint density at radius 2 is 2.38 bits per heavy atom. The minimum atomic E-state index is 0.537. The maximum atomic E-state index is 9.00. The van der Waals surface area contributed by atoms with Crippen LogP contribution in [0.2, 0.25) is 0 Å². The molecule has 0 aromatic carbocycles. The molecule has 1 aliphatic rings. The van der Waals surface area contributed by atoms with Crippen molar-refractivity contribution in [1.82, 2.24) is 0 Å². The van der Waals surface area contributed by atoms with Gasteiger partial charge in [0.1, 0.15) is 5.76 Å². The molecule has 1 atom stereocenters. The topological polar surface area (TPSA) is 20.2 Å². The van der Waals surface area contributed by atoms with Gasteiger partial charge < -0.3 is 5.11 Å². The van der Waals surface area contributed by atoms with Crippen LogP contribution in [-0.4, -0.2) is 5.11 Å². The van der Waals surface area contributed by atoms with Gasteiger partial charge in [-0.15, -0.1) is 0 Å². The van der Waals surface area contributed by atoms with Gasteiger partial charge in [0, 0.05) is 10.9 Å². The normalized spacial score (nSPS) is 29.5. The Bertz CT molecular complexity index is 128. The van der Waals surface area contributed by atoms with Crippen molar-refractivity contribution < 1.29 is 5.11 Å². The van der Waals surface area contributed by atoms with E-state index in [9.17, 15) is 0 Å². The zero-order valence-corrected chi connectivity index (χ0v) is 6.40. The Labute approximate surface area is 57.5 Å². The maximum Gasteiger partial charge on any atom is 0.103 e. The van der Waals surface area contributed by atoms with E-state index in [0.717, 1.165) is 17.3 Å². The number of halogens is 1. The first kappa shape index (κ1) is 6.14. The molecular formula is C6H9BrO. The highest BCUT2D eigenvalue weighted by Gasteiger charge is 2.18. The van der Waals surface area contributed by atoms with Crippen molar-refractivity contribution in [2.75, 3.05) is 0 Å². The molecule has 0 aliphatic heterocycles. The molecule has 1 nitrogen and oxygen atoms in total. The molecular weight excluding hydrogens is 168 g/mol. The van der Waals surface area contributed by atoms with E-state index in [1.165, 1.54) is 0 Å². The molecule has 1 rings (SSSR count). The van der Waals surface area contributed by atoms with Crippen LogP contribution in [0.4, 0.5) is 0 Å². The Morgan fingerprint density at radius 1 is 1.75 bits per heavy atom. The average molecular weight is 177 g/mol. The summed E-state index contributed by atoms with van der Waals surface area (Å²) in [5, 5.41) is 9.00. The lowest BCUT2D eigenvalue weighted by Crippen LogP contribution is -1.83. The van der Waals surface area contributed by atoms with Crippen molar-refractivity contribution in [3.63, 3.8) is 0 Å². The molecule has 46 valence electrons. The molecule has 0 saturated heterocycles. The van der Waals surface area contributed by atoms with Gasteiger partial charge in [0.25, 0.3) is 0 Å². The number of hydrogen-bond acceptors (Lipinski definition) is 1. The second-order valence-electron chi connectivity index (χ2n) is 2.23. The zero-order chi connectivity index (χ0) is 6.15. The summed E-state index contributed by atoms with van der Waals surface area (Å²) in [6.07, 6.45) is 1.94. The van der Waals surface area contributed by atoms with E-state index in [0.29, 0.717) is 11.7 Å². The molecule has 0 radical (unpaired) electrons. The lowest BCUT2D eigenvalue weighted by molar-refractivity contribution is 0.396. The van der Waals surface area contributed by atoms with E-state index >= 15 is 0 Å². The molecule has 0 aromatic rings. The van der Waals surface area contributed by atoms with Gasteiger partial charge in [0.05, 0.1) is 0 Å².